The second kappa shape index (κ2) is 9.16. The van der Waals surface area contributed by atoms with Crippen LogP contribution in [0.25, 0.3) is 22.0 Å². The lowest BCUT2D eigenvalue weighted by Crippen LogP contribution is -2.36. The van der Waals surface area contributed by atoms with Gasteiger partial charge in [0.05, 0.1) is 24.5 Å². The number of thiazole rings is 1. The Morgan fingerprint density at radius 3 is 2.24 bits per heavy atom. The van der Waals surface area contributed by atoms with Gasteiger partial charge in [0.1, 0.15) is 11.3 Å². The van der Waals surface area contributed by atoms with Gasteiger partial charge in [0.15, 0.2) is 5.96 Å². The van der Waals surface area contributed by atoms with Crippen LogP contribution in [0.15, 0.2) is 81.7 Å². The number of aromatic nitrogens is 2. The van der Waals surface area contributed by atoms with Gasteiger partial charge in [0, 0.05) is 23.6 Å². The number of aliphatic imine (C=N–C) groups is 1. The van der Waals surface area contributed by atoms with Crippen molar-refractivity contribution >= 4 is 17.3 Å². The highest BCUT2D eigenvalue weighted by Gasteiger charge is 2.08. The highest BCUT2D eigenvalue weighted by Crippen LogP contribution is 2.23. The van der Waals surface area contributed by atoms with Crippen LogP contribution in [0.1, 0.15) is 11.4 Å². The number of hydrogen-bond donors (Lipinski definition) is 2. The molecule has 4 aromatic rings. The first-order valence-corrected chi connectivity index (χ1v) is 10.1. The lowest BCUT2D eigenvalue weighted by molar-refractivity contribution is 0.572. The molecule has 4 rings (SSSR count). The van der Waals surface area contributed by atoms with E-state index in [9.17, 15) is 0 Å². The van der Waals surface area contributed by atoms with E-state index in [1.54, 1.807) is 24.6 Å². The molecule has 0 aliphatic heterocycles. The molecule has 0 saturated carbocycles. The number of rotatable bonds is 6. The van der Waals surface area contributed by atoms with Crippen LogP contribution in [0.3, 0.4) is 0 Å². The molecule has 0 atom stereocenters. The molecule has 2 aromatic heterocycles. The first kappa shape index (κ1) is 18.9. The van der Waals surface area contributed by atoms with Crippen LogP contribution in [-0.2, 0) is 13.1 Å². The third-order valence-electron chi connectivity index (χ3n) is 4.24. The number of benzene rings is 2. The Morgan fingerprint density at radius 2 is 1.55 bits per heavy atom. The summed E-state index contributed by atoms with van der Waals surface area (Å²) in [7, 11) is 1.74. The number of nitrogens with one attached hydrogen (secondary N) is 2. The smallest absolute Gasteiger partial charge is 0.226 e. The normalized spacial score (nSPS) is 11.4. The van der Waals surface area contributed by atoms with E-state index in [0.29, 0.717) is 24.9 Å². The summed E-state index contributed by atoms with van der Waals surface area (Å²) in [6.07, 6.45) is 1.66. The number of hydrogen-bond acceptors (Lipinski definition) is 5. The summed E-state index contributed by atoms with van der Waals surface area (Å²) >= 11 is 1.64. The molecule has 0 aliphatic rings. The SMILES string of the molecule is CN=C(NCc1coc(-c2ccccc2)n1)NCc1csc(-c2ccccc2)n1. The van der Waals surface area contributed by atoms with E-state index < -0.39 is 0 Å². The zero-order chi connectivity index (χ0) is 19.9. The molecule has 0 radical (unpaired) electrons. The van der Waals surface area contributed by atoms with Crippen LogP contribution in [0, 0.1) is 0 Å². The summed E-state index contributed by atoms with van der Waals surface area (Å²) in [5.74, 6) is 1.30. The number of guanidine groups is 1. The Bertz CT molecular complexity index is 989. The fraction of sp³-hybridized carbons (Fsp3) is 0.136. The van der Waals surface area contributed by atoms with Gasteiger partial charge in [-0.05, 0) is 12.1 Å². The average molecular weight is 404 g/mol. The van der Waals surface area contributed by atoms with Gasteiger partial charge in [0.2, 0.25) is 5.89 Å². The van der Waals surface area contributed by atoms with E-state index in [-0.39, 0.29) is 0 Å². The second-order valence-electron chi connectivity index (χ2n) is 6.30. The van der Waals surface area contributed by atoms with E-state index in [0.717, 1.165) is 27.5 Å². The predicted octanol–water partition coefficient (Wildman–Crippen LogP) is 4.33. The number of nitrogens with zero attached hydrogens (tertiary/aromatic N) is 3. The standard InChI is InChI=1S/C22H21N5OS/c1-23-22(24-12-18-14-28-20(26-18)16-8-4-2-5-9-16)25-13-19-15-29-21(27-19)17-10-6-3-7-11-17/h2-11,14-15H,12-13H2,1H3,(H2,23,24,25). The van der Waals surface area contributed by atoms with Crippen molar-refractivity contribution in [1.82, 2.24) is 20.6 Å². The Labute approximate surface area is 173 Å². The molecule has 2 heterocycles. The molecule has 0 saturated heterocycles. The highest BCUT2D eigenvalue weighted by molar-refractivity contribution is 7.13. The first-order valence-electron chi connectivity index (χ1n) is 9.26. The topological polar surface area (TPSA) is 75.3 Å². The van der Waals surface area contributed by atoms with Crippen LogP contribution in [0.5, 0.6) is 0 Å². The summed E-state index contributed by atoms with van der Waals surface area (Å²) in [5, 5.41) is 9.61. The van der Waals surface area contributed by atoms with E-state index in [2.05, 4.69) is 43.1 Å². The predicted molar refractivity (Wildman–Crippen MR) is 117 cm³/mol. The van der Waals surface area contributed by atoms with Crippen LogP contribution in [-0.4, -0.2) is 23.0 Å². The van der Waals surface area contributed by atoms with Crippen molar-refractivity contribution in [3.8, 4) is 22.0 Å². The van der Waals surface area contributed by atoms with Gasteiger partial charge in [-0.25, -0.2) is 9.97 Å². The van der Waals surface area contributed by atoms with Gasteiger partial charge in [-0.15, -0.1) is 11.3 Å². The minimum absolute atomic E-state index is 0.516. The summed E-state index contributed by atoms with van der Waals surface area (Å²) < 4.78 is 5.57. The molecule has 0 amide bonds. The molecule has 7 heteroatoms. The Morgan fingerprint density at radius 1 is 0.897 bits per heavy atom. The lowest BCUT2D eigenvalue weighted by Gasteiger charge is -2.09. The molecule has 2 aromatic carbocycles. The van der Waals surface area contributed by atoms with Crippen molar-refractivity contribution in [3.63, 3.8) is 0 Å². The van der Waals surface area contributed by atoms with E-state index in [1.807, 2.05) is 48.5 Å². The van der Waals surface area contributed by atoms with Gasteiger partial charge in [-0.3, -0.25) is 4.99 Å². The van der Waals surface area contributed by atoms with E-state index in [4.69, 9.17) is 4.42 Å². The van der Waals surface area contributed by atoms with E-state index >= 15 is 0 Å². The van der Waals surface area contributed by atoms with E-state index in [1.165, 1.54) is 0 Å². The van der Waals surface area contributed by atoms with Gasteiger partial charge in [-0.2, -0.15) is 0 Å². The van der Waals surface area contributed by atoms with Gasteiger partial charge in [0.25, 0.3) is 0 Å². The molecule has 2 N–H and O–H groups in total. The zero-order valence-corrected chi connectivity index (χ0v) is 16.8. The highest BCUT2D eigenvalue weighted by atomic mass is 32.1. The van der Waals surface area contributed by atoms with Crippen LogP contribution < -0.4 is 10.6 Å². The monoisotopic (exact) mass is 403 g/mol. The maximum Gasteiger partial charge on any atom is 0.226 e. The summed E-state index contributed by atoms with van der Waals surface area (Å²) in [6, 6.07) is 20.0. The largest absolute Gasteiger partial charge is 0.444 e. The Hall–Kier alpha value is -3.45. The van der Waals surface area contributed by atoms with Crippen molar-refractivity contribution in [2.75, 3.05) is 7.05 Å². The third-order valence-corrected chi connectivity index (χ3v) is 5.18. The van der Waals surface area contributed by atoms with Crippen LogP contribution >= 0.6 is 11.3 Å². The fourth-order valence-corrected chi connectivity index (χ4v) is 3.60. The third kappa shape index (κ3) is 4.89. The van der Waals surface area contributed by atoms with Gasteiger partial charge >= 0.3 is 0 Å². The first-order chi connectivity index (χ1) is 14.3. The maximum atomic E-state index is 5.57. The number of oxazole rings is 1. The molecular weight excluding hydrogens is 382 g/mol. The van der Waals surface area contributed by atoms with Crippen molar-refractivity contribution in [1.29, 1.82) is 0 Å². The maximum absolute atomic E-state index is 5.57. The molecule has 146 valence electrons. The molecule has 0 spiro atoms. The molecule has 29 heavy (non-hydrogen) atoms. The van der Waals surface area contributed by atoms with Gasteiger partial charge in [-0.1, -0.05) is 48.5 Å². The minimum Gasteiger partial charge on any atom is -0.444 e. The molecule has 0 aliphatic carbocycles. The summed E-state index contributed by atoms with van der Waals surface area (Å²) in [5.41, 5.74) is 3.88. The van der Waals surface area contributed by atoms with Crippen molar-refractivity contribution < 1.29 is 4.42 Å². The molecule has 0 unspecified atom stereocenters. The Balaban J connectivity index is 1.31. The van der Waals surface area contributed by atoms with Crippen LogP contribution in [0.2, 0.25) is 0 Å². The van der Waals surface area contributed by atoms with Crippen molar-refractivity contribution in [2.24, 2.45) is 4.99 Å². The summed E-state index contributed by atoms with van der Waals surface area (Å²) in [4.78, 5) is 13.5. The zero-order valence-electron chi connectivity index (χ0n) is 16.0. The summed E-state index contributed by atoms with van der Waals surface area (Å²) in [6.45, 7) is 1.11. The van der Waals surface area contributed by atoms with Crippen molar-refractivity contribution in [3.05, 3.63) is 83.7 Å². The second-order valence-corrected chi connectivity index (χ2v) is 7.16. The molecule has 0 fully saturated rings. The minimum atomic E-state index is 0.516. The molecule has 0 bridgehead atoms. The average Bonchev–Trinajstić information content (AvgIpc) is 3.45. The fourth-order valence-electron chi connectivity index (χ4n) is 2.77. The van der Waals surface area contributed by atoms with Crippen molar-refractivity contribution in [2.45, 2.75) is 13.1 Å². The van der Waals surface area contributed by atoms with Crippen LogP contribution in [0.4, 0.5) is 0 Å². The van der Waals surface area contributed by atoms with Gasteiger partial charge < -0.3 is 15.1 Å². The quantitative estimate of drug-likeness (QED) is 0.370. The Kier molecular flexibility index (Phi) is 5.97. The molecule has 6 nitrogen and oxygen atoms in total. The lowest BCUT2D eigenvalue weighted by atomic mass is 10.2. The molecular formula is C22H21N5OS.